The fourth-order valence-corrected chi connectivity index (χ4v) is 2.56. The van der Waals surface area contributed by atoms with Gasteiger partial charge in [-0.25, -0.2) is 0 Å². The molecule has 0 aliphatic heterocycles. The highest BCUT2D eigenvalue weighted by molar-refractivity contribution is 4.73. The summed E-state index contributed by atoms with van der Waals surface area (Å²) < 4.78 is 5.82. The molecule has 0 amide bonds. The molecule has 1 aliphatic rings. The summed E-state index contributed by atoms with van der Waals surface area (Å²) in [6, 6.07) is 0. The Kier molecular flexibility index (Phi) is 8.62. The van der Waals surface area contributed by atoms with Crippen LogP contribution in [0.2, 0.25) is 0 Å². The second kappa shape index (κ2) is 9.70. The van der Waals surface area contributed by atoms with Crippen molar-refractivity contribution in [3.05, 3.63) is 0 Å². The van der Waals surface area contributed by atoms with Gasteiger partial charge in [0.2, 0.25) is 0 Å². The van der Waals surface area contributed by atoms with Crippen molar-refractivity contribution in [3.8, 4) is 0 Å². The van der Waals surface area contributed by atoms with E-state index in [1.807, 2.05) is 6.92 Å². The van der Waals surface area contributed by atoms with Gasteiger partial charge < -0.3 is 20.3 Å². The molecule has 19 heavy (non-hydrogen) atoms. The molecule has 0 radical (unpaired) electrons. The van der Waals surface area contributed by atoms with Gasteiger partial charge in [-0.2, -0.15) is 0 Å². The van der Waals surface area contributed by atoms with Crippen molar-refractivity contribution < 1.29 is 14.9 Å². The third-order valence-corrected chi connectivity index (χ3v) is 4.04. The molecule has 0 heterocycles. The predicted molar refractivity (Wildman–Crippen MR) is 77.2 cm³/mol. The fraction of sp³-hybridized carbons (Fsp3) is 1.00. The molecule has 0 aromatic carbocycles. The lowest BCUT2D eigenvalue weighted by atomic mass is 9.88. The van der Waals surface area contributed by atoms with Crippen LogP contribution in [0, 0.1) is 5.92 Å². The first-order valence-electron chi connectivity index (χ1n) is 7.82. The Morgan fingerprint density at radius 3 is 2.63 bits per heavy atom. The van der Waals surface area contributed by atoms with E-state index in [1.165, 1.54) is 19.3 Å². The zero-order valence-corrected chi connectivity index (χ0v) is 12.5. The predicted octanol–water partition coefficient (Wildman–Crippen LogP) is 1.69. The quantitative estimate of drug-likeness (QED) is 0.560. The second-order valence-electron chi connectivity index (χ2n) is 5.84. The molecule has 4 unspecified atom stereocenters. The van der Waals surface area contributed by atoms with Gasteiger partial charge in [0.25, 0.3) is 0 Å². The van der Waals surface area contributed by atoms with Crippen molar-refractivity contribution in [2.45, 2.75) is 70.7 Å². The standard InChI is InChI=1S/C15H31NO3/c1-3-13(17)8-9-16-10-14(18)11-19-15-7-5-4-6-12(15)2/h12-18H,3-11H2,1-2H3. The maximum atomic E-state index is 9.84. The van der Waals surface area contributed by atoms with E-state index in [2.05, 4.69) is 12.2 Å². The summed E-state index contributed by atoms with van der Waals surface area (Å²) in [5.41, 5.74) is 0. The van der Waals surface area contributed by atoms with Crippen LogP contribution in [0.15, 0.2) is 0 Å². The number of rotatable bonds is 9. The smallest absolute Gasteiger partial charge is 0.0897 e. The van der Waals surface area contributed by atoms with Gasteiger partial charge in [0.1, 0.15) is 0 Å². The molecule has 4 nitrogen and oxygen atoms in total. The Morgan fingerprint density at radius 1 is 1.21 bits per heavy atom. The summed E-state index contributed by atoms with van der Waals surface area (Å²) in [6.45, 7) is 5.90. The Hall–Kier alpha value is -0.160. The van der Waals surface area contributed by atoms with Gasteiger partial charge in [0.15, 0.2) is 0 Å². The number of aliphatic hydroxyl groups is 2. The van der Waals surface area contributed by atoms with Crippen molar-refractivity contribution in [2.75, 3.05) is 19.7 Å². The van der Waals surface area contributed by atoms with Gasteiger partial charge in [-0.05, 0) is 38.1 Å². The van der Waals surface area contributed by atoms with Gasteiger partial charge in [0.05, 0.1) is 24.9 Å². The highest BCUT2D eigenvalue weighted by atomic mass is 16.5. The summed E-state index contributed by atoms with van der Waals surface area (Å²) in [5, 5.41) is 22.4. The first kappa shape index (κ1) is 16.9. The molecule has 1 aliphatic carbocycles. The highest BCUT2D eigenvalue weighted by Crippen LogP contribution is 2.26. The lowest BCUT2D eigenvalue weighted by Gasteiger charge is -2.29. The molecule has 0 aromatic rings. The minimum atomic E-state index is -0.451. The summed E-state index contributed by atoms with van der Waals surface area (Å²) in [7, 11) is 0. The largest absolute Gasteiger partial charge is 0.393 e. The zero-order valence-electron chi connectivity index (χ0n) is 12.5. The number of aliphatic hydroxyl groups excluding tert-OH is 2. The molecule has 114 valence electrons. The molecule has 0 saturated heterocycles. The highest BCUT2D eigenvalue weighted by Gasteiger charge is 2.22. The van der Waals surface area contributed by atoms with E-state index in [0.29, 0.717) is 25.2 Å². The molecule has 4 atom stereocenters. The van der Waals surface area contributed by atoms with E-state index in [4.69, 9.17) is 4.74 Å². The van der Waals surface area contributed by atoms with E-state index in [9.17, 15) is 10.2 Å². The Labute approximate surface area is 117 Å². The van der Waals surface area contributed by atoms with Crippen LogP contribution in [0.4, 0.5) is 0 Å². The van der Waals surface area contributed by atoms with Gasteiger partial charge in [-0.3, -0.25) is 0 Å². The molecule has 1 saturated carbocycles. The van der Waals surface area contributed by atoms with Crippen LogP contribution in [0.1, 0.15) is 52.4 Å². The maximum absolute atomic E-state index is 9.84. The number of ether oxygens (including phenoxy) is 1. The molecule has 3 N–H and O–H groups in total. The molecule has 0 aromatic heterocycles. The third-order valence-electron chi connectivity index (χ3n) is 4.04. The topological polar surface area (TPSA) is 61.7 Å². The SMILES string of the molecule is CCC(O)CCNCC(O)COC1CCCCC1C. The van der Waals surface area contributed by atoms with Crippen LogP contribution in [0.3, 0.4) is 0 Å². The summed E-state index contributed by atoms with van der Waals surface area (Å²) in [4.78, 5) is 0. The van der Waals surface area contributed by atoms with E-state index >= 15 is 0 Å². The van der Waals surface area contributed by atoms with Crippen molar-refractivity contribution >= 4 is 0 Å². The van der Waals surface area contributed by atoms with E-state index in [1.54, 1.807) is 0 Å². The maximum Gasteiger partial charge on any atom is 0.0897 e. The van der Waals surface area contributed by atoms with E-state index < -0.39 is 6.10 Å². The van der Waals surface area contributed by atoms with Crippen LogP contribution >= 0.6 is 0 Å². The van der Waals surface area contributed by atoms with Crippen molar-refractivity contribution in [3.63, 3.8) is 0 Å². The lowest BCUT2D eigenvalue weighted by molar-refractivity contribution is -0.0452. The molecule has 1 rings (SSSR count). The minimum absolute atomic E-state index is 0.232. The Morgan fingerprint density at radius 2 is 1.95 bits per heavy atom. The number of nitrogens with one attached hydrogen (secondary N) is 1. The van der Waals surface area contributed by atoms with Crippen LogP contribution in [-0.2, 0) is 4.74 Å². The van der Waals surface area contributed by atoms with Gasteiger partial charge in [-0.1, -0.05) is 26.7 Å². The van der Waals surface area contributed by atoms with Crippen molar-refractivity contribution in [1.82, 2.24) is 5.32 Å². The zero-order chi connectivity index (χ0) is 14.1. The molecular weight excluding hydrogens is 242 g/mol. The van der Waals surface area contributed by atoms with Crippen LogP contribution < -0.4 is 5.32 Å². The third kappa shape index (κ3) is 7.25. The van der Waals surface area contributed by atoms with Crippen LogP contribution in [0.25, 0.3) is 0 Å². The second-order valence-corrected chi connectivity index (χ2v) is 5.84. The van der Waals surface area contributed by atoms with Crippen molar-refractivity contribution in [1.29, 1.82) is 0 Å². The summed E-state index contributed by atoms with van der Waals surface area (Å²) >= 11 is 0. The minimum Gasteiger partial charge on any atom is -0.393 e. The van der Waals surface area contributed by atoms with Gasteiger partial charge in [-0.15, -0.1) is 0 Å². The number of hydrogen-bond donors (Lipinski definition) is 3. The van der Waals surface area contributed by atoms with Crippen molar-refractivity contribution in [2.24, 2.45) is 5.92 Å². The Balaban J connectivity index is 2.02. The monoisotopic (exact) mass is 273 g/mol. The first-order chi connectivity index (χ1) is 9.13. The summed E-state index contributed by atoms with van der Waals surface area (Å²) in [5.74, 6) is 0.619. The fourth-order valence-electron chi connectivity index (χ4n) is 2.56. The van der Waals surface area contributed by atoms with E-state index in [-0.39, 0.29) is 6.10 Å². The van der Waals surface area contributed by atoms with Crippen LogP contribution in [-0.4, -0.2) is 48.2 Å². The lowest BCUT2D eigenvalue weighted by Crippen LogP contribution is -2.35. The van der Waals surface area contributed by atoms with Crippen LogP contribution in [0.5, 0.6) is 0 Å². The molecule has 1 fully saturated rings. The summed E-state index contributed by atoms with van der Waals surface area (Å²) in [6.07, 6.45) is 6.10. The Bertz CT molecular complexity index is 225. The molecule has 0 spiro atoms. The number of hydrogen-bond acceptors (Lipinski definition) is 4. The average Bonchev–Trinajstić information content (AvgIpc) is 2.42. The van der Waals surface area contributed by atoms with E-state index in [0.717, 1.165) is 25.8 Å². The molecule has 4 heteroatoms. The average molecular weight is 273 g/mol. The normalized spacial score (nSPS) is 27.2. The van der Waals surface area contributed by atoms with Gasteiger partial charge >= 0.3 is 0 Å². The first-order valence-corrected chi connectivity index (χ1v) is 7.82. The molecular formula is C15H31NO3. The molecule has 0 bridgehead atoms. The van der Waals surface area contributed by atoms with Gasteiger partial charge in [0, 0.05) is 6.54 Å².